The van der Waals surface area contributed by atoms with Crippen LogP contribution in [0.1, 0.15) is 31.2 Å². The summed E-state index contributed by atoms with van der Waals surface area (Å²) in [7, 11) is 0. The maximum atomic E-state index is 13.2. The van der Waals surface area contributed by atoms with Gasteiger partial charge in [0.15, 0.2) is 0 Å². The second-order valence-electron chi connectivity index (χ2n) is 8.76. The highest BCUT2D eigenvalue weighted by molar-refractivity contribution is 7.80. The van der Waals surface area contributed by atoms with Crippen molar-refractivity contribution >= 4 is 53.2 Å². The van der Waals surface area contributed by atoms with E-state index in [2.05, 4.69) is 33.6 Å². The van der Waals surface area contributed by atoms with E-state index >= 15 is 0 Å². The molecule has 0 spiro atoms. The summed E-state index contributed by atoms with van der Waals surface area (Å²) in [5.41, 5.74) is 12.6. The fourth-order valence-corrected chi connectivity index (χ4v) is 4.04. The molecule has 0 fully saturated rings. The number of rotatable bonds is 16. The number of H-pyrrole nitrogens is 1. The van der Waals surface area contributed by atoms with Crippen molar-refractivity contribution in [2.24, 2.45) is 11.5 Å². The number of fused-ring (bicyclic) bond motifs is 1. The molecule has 0 aliphatic heterocycles. The summed E-state index contributed by atoms with van der Waals surface area (Å²) in [6.07, 6.45) is 2.29. The second-order valence-corrected chi connectivity index (χ2v) is 9.12. The average molecular weight is 551 g/mol. The number of carbonyl (C=O) groups is 5. The van der Waals surface area contributed by atoms with Crippen molar-refractivity contribution in [3.05, 3.63) is 36.0 Å². The van der Waals surface area contributed by atoms with E-state index in [1.807, 2.05) is 24.3 Å². The molecular weight excluding hydrogens is 516 g/mol. The quantitative estimate of drug-likeness (QED) is 0.0931. The third-order valence-electron chi connectivity index (χ3n) is 5.84. The summed E-state index contributed by atoms with van der Waals surface area (Å²) in [6, 6.07) is 2.32. The number of unbranched alkanes of at least 4 members (excludes halogenated alkanes) is 1. The molecule has 38 heavy (non-hydrogen) atoms. The van der Waals surface area contributed by atoms with E-state index in [-0.39, 0.29) is 18.6 Å². The normalized spacial score (nSPS) is 14.2. The van der Waals surface area contributed by atoms with E-state index in [4.69, 9.17) is 16.6 Å². The Labute approximate surface area is 224 Å². The number of thiol groups is 1. The SMILES string of the molecule is NCCCCC(NC(=O)C(Cc1c[nH]c2ccccc12)NC(=O)C(CS)NC(=O)C(N)CC(=O)O)C(=O)O. The van der Waals surface area contributed by atoms with Crippen LogP contribution in [-0.2, 0) is 30.4 Å². The molecule has 0 aliphatic carbocycles. The number of aliphatic carboxylic acids is 2. The molecule has 208 valence electrons. The zero-order chi connectivity index (χ0) is 28.2. The van der Waals surface area contributed by atoms with Crippen molar-refractivity contribution < 1.29 is 34.2 Å². The Bertz CT molecular complexity index is 1140. The van der Waals surface area contributed by atoms with Gasteiger partial charge in [-0.3, -0.25) is 19.2 Å². The molecule has 0 radical (unpaired) electrons. The Morgan fingerprint density at radius 2 is 1.55 bits per heavy atom. The second kappa shape index (κ2) is 15.0. The number of carboxylic acid groups (broad SMARTS) is 2. The van der Waals surface area contributed by atoms with Gasteiger partial charge in [-0.15, -0.1) is 0 Å². The van der Waals surface area contributed by atoms with Crippen LogP contribution in [0.4, 0.5) is 0 Å². The van der Waals surface area contributed by atoms with Crippen LogP contribution in [0.25, 0.3) is 10.9 Å². The molecule has 1 aromatic heterocycles. The Morgan fingerprint density at radius 3 is 2.18 bits per heavy atom. The molecule has 2 aromatic rings. The minimum Gasteiger partial charge on any atom is -0.481 e. The number of nitrogens with one attached hydrogen (secondary N) is 4. The number of benzene rings is 1. The topological polar surface area (TPSA) is 230 Å². The van der Waals surface area contributed by atoms with Gasteiger partial charge in [-0.2, -0.15) is 12.6 Å². The van der Waals surface area contributed by atoms with Crippen molar-refractivity contribution in [2.45, 2.75) is 56.3 Å². The van der Waals surface area contributed by atoms with Crippen molar-refractivity contribution in [1.82, 2.24) is 20.9 Å². The largest absolute Gasteiger partial charge is 0.481 e. The van der Waals surface area contributed by atoms with Crippen molar-refractivity contribution in [2.75, 3.05) is 12.3 Å². The van der Waals surface area contributed by atoms with Crippen LogP contribution < -0.4 is 27.4 Å². The number of hydrogen-bond acceptors (Lipinski definition) is 8. The number of hydrogen-bond donors (Lipinski definition) is 9. The molecular formula is C24H34N6O7S. The molecule has 0 saturated carbocycles. The summed E-state index contributed by atoms with van der Waals surface area (Å²) >= 11 is 4.08. The minimum atomic E-state index is -1.39. The van der Waals surface area contributed by atoms with Gasteiger partial charge in [-0.25, -0.2) is 4.79 Å². The van der Waals surface area contributed by atoms with Gasteiger partial charge in [0, 0.05) is 29.3 Å². The molecule has 13 nitrogen and oxygen atoms in total. The van der Waals surface area contributed by atoms with E-state index in [1.165, 1.54) is 0 Å². The van der Waals surface area contributed by atoms with Crippen molar-refractivity contribution in [3.63, 3.8) is 0 Å². The average Bonchev–Trinajstić information content (AvgIpc) is 3.28. The number of aromatic amines is 1. The van der Waals surface area contributed by atoms with Crippen LogP contribution in [0.3, 0.4) is 0 Å². The van der Waals surface area contributed by atoms with Crippen LogP contribution in [0.2, 0.25) is 0 Å². The molecule has 3 amide bonds. The lowest BCUT2D eigenvalue weighted by molar-refractivity contribution is -0.142. The third-order valence-corrected chi connectivity index (χ3v) is 6.21. The first-order valence-electron chi connectivity index (χ1n) is 12.0. The van der Waals surface area contributed by atoms with Crippen molar-refractivity contribution in [1.29, 1.82) is 0 Å². The molecule has 0 saturated heterocycles. The minimum absolute atomic E-state index is 0.0164. The fraction of sp³-hybridized carbons (Fsp3) is 0.458. The summed E-state index contributed by atoms with van der Waals surface area (Å²) in [5, 5.41) is 26.6. The van der Waals surface area contributed by atoms with Crippen LogP contribution in [0.5, 0.6) is 0 Å². The highest BCUT2D eigenvalue weighted by Gasteiger charge is 2.30. The van der Waals surface area contributed by atoms with E-state index in [1.54, 1.807) is 6.20 Å². The molecule has 0 bridgehead atoms. The molecule has 1 aromatic carbocycles. The first-order chi connectivity index (χ1) is 18.1. The van der Waals surface area contributed by atoms with E-state index < -0.39 is 60.2 Å². The zero-order valence-electron chi connectivity index (χ0n) is 20.7. The van der Waals surface area contributed by atoms with E-state index in [0.29, 0.717) is 24.9 Å². The van der Waals surface area contributed by atoms with Crippen LogP contribution in [0, 0.1) is 0 Å². The highest BCUT2D eigenvalue weighted by Crippen LogP contribution is 2.19. The van der Waals surface area contributed by atoms with Crippen LogP contribution in [0.15, 0.2) is 30.5 Å². The first kappa shape index (κ1) is 30.6. The number of amides is 3. The highest BCUT2D eigenvalue weighted by atomic mass is 32.1. The number of aromatic nitrogens is 1. The smallest absolute Gasteiger partial charge is 0.326 e. The first-order valence-corrected chi connectivity index (χ1v) is 12.7. The molecule has 4 atom stereocenters. The number of nitrogens with two attached hydrogens (primary N) is 2. The Morgan fingerprint density at radius 1 is 0.921 bits per heavy atom. The summed E-state index contributed by atoms with van der Waals surface area (Å²) in [5.74, 6) is -5.04. The van der Waals surface area contributed by atoms with Crippen LogP contribution in [-0.4, -0.2) is 81.3 Å². The fourth-order valence-electron chi connectivity index (χ4n) is 3.78. The molecule has 4 unspecified atom stereocenters. The number of para-hydroxylation sites is 1. The van der Waals surface area contributed by atoms with E-state index in [0.717, 1.165) is 10.9 Å². The maximum Gasteiger partial charge on any atom is 0.326 e. The van der Waals surface area contributed by atoms with Gasteiger partial charge in [0.05, 0.1) is 12.5 Å². The van der Waals surface area contributed by atoms with Gasteiger partial charge in [0.25, 0.3) is 0 Å². The predicted molar refractivity (Wildman–Crippen MR) is 142 cm³/mol. The van der Waals surface area contributed by atoms with Crippen molar-refractivity contribution in [3.8, 4) is 0 Å². The zero-order valence-corrected chi connectivity index (χ0v) is 21.6. The Hall–Kier alpha value is -3.62. The van der Waals surface area contributed by atoms with Gasteiger partial charge < -0.3 is 42.6 Å². The standard InChI is InChI=1S/C24H34N6O7S/c25-8-4-3-7-17(24(36)37)28-22(34)18(9-13-11-27-16-6-2-1-5-14(13)16)29-23(35)19(12-38)30-21(33)15(26)10-20(31)32/h1-2,5-6,11,15,17-19,27,38H,3-4,7-10,12,25-26H2,(H,28,34)(H,29,35)(H,30,33)(H,31,32)(H,36,37). The number of carbonyl (C=O) groups excluding carboxylic acids is 3. The molecule has 10 N–H and O–H groups in total. The predicted octanol–water partition coefficient (Wildman–Crippen LogP) is -0.890. The van der Waals surface area contributed by atoms with Gasteiger partial charge >= 0.3 is 11.9 Å². The lowest BCUT2D eigenvalue weighted by Gasteiger charge is -2.24. The van der Waals surface area contributed by atoms with Gasteiger partial charge in [-0.05, 0) is 37.4 Å². The molecule has 1 heterocycles. The summed E-state index contributed by atoms with van der Waals surface area (Å²) in [4.78, 5) is 64.2. The lowest BCUT2D eigenvalue weighted by Crippen LogP contribution is -2.58. The Balaban J connectivity index is 2.24. The summed E-state index contributed by atoms with van der Waals surface area (Å²) in [6.45, 7) is 0.381. The van der Waals surface area contributed by atoms with Gasteiger partial charge in [0.2, 0.25) is 17.7 Å². The molecule has 14 heteroatoms. The lowest BCUT2D eigenvalue weighted by atomic mass is 10.0. The molecule has 0 aliphatic rings. The number of carboxylic acids is 2. The maximum absolute atomic E-state index is 13.2. The van der Waals surface area contributed by atoms with Gasteiger partial charge in [0.1, 0.15) is 18.1 Å². The third kappa shape index (κ3) is 9.04. The van der Waals surface area contributed by atoms with Crippen LogP contribution >= 0.6 is 12.6 Å². The Kier molecular flexibility index (Phi) is 12.0. The monoisotopic (exact) mass is 550 g/mol. The van der Waals surface area contributed by atoms with E-state index in [9.17, 15) is 29.1 Å². The summed E-state index contributed by atoms with van der Waals surface area (Å²) < 4.78 is 0. The molecule has 2 rings (SSSR count). The van der Waals surface area contributed by atoms with Gasteiger partial charge in [-0.1, -0.05) is 18.2 Å².